The molecule has 0 heterocycles. The van der Waals surface area contributed by atoms with Gasteiger partial charge in [-0.3, -0.25) is 4.79 Å². The second-order valence-corrected chi connectivity index (χ2v) is 2.69. The van der Waals surface area contributed by atoms with Crippen LogP contribution >= 0.6 is 0 Å². The van der Waals surface area contributed by atoms with E-state index < -0.39 is 0 Å². The molecule has 0 unspecified atom stereocenters. The number of phenols is 1. The molecule has 1 aromatic rings. The Kier molecular flexibility index (Phi) is 2.86. The highest BCUT2D eigenvalue weighted by Gasteiger charge is 2.07. The summed E-state index contributed by atoms with van der Waals surface area (Å²) in [5, 5.41) is 9.29. The number of hydrogen-bond donors (Lipinski definition) is 1. The molecule has 1 rings (SSSR count). The summed E-state index contributed by atoms with van der Waals surface area (Å²) in [6.07, 6.45) is 1.31. The second-order valence-electron chi connectivity index (χ2n) is 2.69. The van der Waals surface area contributed by atoms with E-state index in [4.69, 9.17) is 0 Å². The summed E-state index contributed by atoms with van der Waals surface area (Å²) in [6, 6.07) is 6.64. The average molecular weight is 164 g/mol. The van der Waals surface area contributed by atoms with Gasteiger partial charge in [0.05, 0.1) is 5.56 Å². The monoisotopic (exact) mass is 164 g/mol. The van der Waals surface area contributed by atoms with Crippen molar-refractivity contribution in [1.29, 1.82) is 0 Å². The maximum atomic E-state index is 11.3. The zero-order valence-corrected chi connectivity index (χ0v) is 7.08. The van der Waals surface area contributed by atoms with Crippen molar-refractivity contribution < 1.29 is 9.90 Å². The van der Waals surface area contributed by atoms with Crippen LogP contribution in [0.4, 0.5) is 0 Å². The third kappa shape index (κ3) is 1.84. The lowest BCUT2D eigenvalue weighted by Gasteiger charge is -2.00. The van der Waals surface area contributed by atoms with Crippen molar-refractivity contribution in [1.82, 2.24) is 0 Å². The molecule has 0 radical (unpaired) electrons. The van der Waals surface area contributed by atoms with Crippen LogP contribution in [0.1, 0.15) is 30.1 Å². The highest BCUT2D eigenvalue weighted by atomic mass is 16.3. The maximum absolute atomic E-state index is 11.3. The fourth-order valence-electron chi connectivity index (χ4n) is 1.07. The Morgan fingerprint density at radius 2 is 2.08 bits per heavy atom. The molecule has 12 heavy (non-hydrogen) atoms. The van der Waals surface area contributed by atoms with Crippen molar-refractivity contribution in [2.24, 2.45) is 0 Å². The van der Waals surface area contributed by atoms with Gasteiger partial charge < -0.3 is 5.11 Å². The summed E-state index contributed by atoms with van der Waals surface area (Å²) in [7, 11) is 0. The van der Waals surface area contributed by atoms with Crippen molar-refractivity contribution in [2.45, 2.75) is 19.8 Å². The van der Waals surface area contributed by atoms with Crippen LogP contribution in [0.2, 0.25) is 0 Å². The van der Waals surface area contributed by atoms with Crippen molar-refractivity contribution in [3.05, 3.63) is 29.8 Å². The van der Waals surface area contributed by atoms with Crippen LogP contribution < -0.4 is 0 Å². The van der Waals surface area contributed by atoms with Gasteiger partial charge in [0.15, 0.2) is 5.78 Å². The molecule has 0 aliphatic carbocycles. The van der Waals surface area contributed by atoms with Crippen LogP contribution in [0.5, 0.6) is 5.75 Å². The number of phenolic OH excluding ortho intramolecular Hbond substituents is 1. The number of carbonyl (C=O) groups excluding carboxylic acids is 1. The highest BCUT2D eigenvalue weighted by molar-refractivity contribution is 5.98. The number of hydrogen-bond acceptors (Lipinski definition) is 2. The van der Waals surface area contributed by atoms with Gasteiger partial charge in [0.1, 0.15) is 5.75 Å². The predicted molar refractivity (Wildman–Crippen MR) is 47.3 cm³/mol. The molecule has 64 valence electrons. The van der Waals surface area contributed by atoms with Crippen LogP contribution in [0.25, 0.3) is 0 Å². The third-order valence-electron chi connectivity index (χ3n) is 1.68. The molecule has 0 aromatic heterocycles. The minimum atomic E-state index is 0.00981. The van der Waals surface area contributed by atoms with E-state index in [1.807, 2.05) is 6.92 Å². The van der Waals surface area contributed by atoms with E-state index in [1.165, 1.54) is 6.07 Å². The molecule has 1 aromatic carbocycles. The Hall–Kier alpha value is -1.31. The minimum absolute atomic E-state index is 0.00981. The molecule has 0 aliphatic heterocycles. The number of para-hydroxylation sites is 1. The largest absolute Gasteiger partial charge is 0.507 e. The molecule has 0 fully saturated rings. The number of ketones is 1. The Balaban J connectivity index is 2.87. The number of aromatic hydroxyl groups is 1. The summed E-state index contributed by atoms with van der Waals surface area (Å²) >= 11 is 0. The summed E-state index contributed by atoms with van der Waals surface area (Å²) in [4.78, 5) is 11.3. The predicted octanol–water partition coefficient (Wildman–Crippen LogP) is 2.38. The first-order valence-corrected chi connectivity index (χ1v) is 4.07. The summed E-state index contributed by atoms with van der Waals surface area (Å²) in [5.74, 6) is 0.0894. The maximum Gasteiger partial charge on any atom is 0.166 e. The molecule has 0 amide bonds. The SMILES string of the molecule is CCCC(=O)c1ccccc1O. The Bertz CT molecular complexity index is 279. The average Bonchev–Trinajstić information content (AvgIpc) is 2.05. The number of carbonyl (C=O) groups is 1. The van der Waals surface area contributed by atoms with E-state index in [-0.39, 0.29) is 11.5 Å². The quantitative estimate of drug-likeness (QED) is 0.696. The Morgan fingerprint density at radius 3 is 2.67 bits per heavy atom. The van der Waals surface area contributed by atoms with Crippen LogP contribution in [-0.2, 0) is 0 Å². The van der Waals surface area contributed by atoms with Crippen molar-refractivity contribution in [2.75, 3.05) is 0 Å². The van der Waals surface area contributed by atoms with E-state index in [0.29, 0.717) is 12.0 Å². The van der Waals surface area contributed by atoms with Gasteiger partial charge in [-0.15, -0.1) is 0 Å². The van der Waals surface area contributed by atoms with Gasteiger partial charge in [-0.1, -0.05) is 19.1 Å². The van der Waals surface area contributed by atoms with Gasteiger partial charge in [0, 0.05) is 6.42 Å². The minimum Gasteiger partial charge on any atom is -0.507 e. The van der Waals surface area contributed by atoms with Crippen molar-refractivity contribution in [3.8, 4) is 5.75 Å². The Morgan fingerprint density at radius 1 is 1.42 bits per heavy atom. The van der Waals surface area contributed by atoms with E-state index in [0.717, 1.165) is 6.42 Å². The van der Waals surface area contributed by atoms with Gasteiger partial charge in [-0.2, -0.15) is 0 Å². The molecule has 0 spiro atoms. The topological polar surface area (TPSA) is 37.3 Å². The molecule has 2 heteroatoms. The first kappa shape index (κ1) is 8.78. The van der Waals surface area contributed by atoms with Crippen LogP contribution in [0.15, 0.2) is 24.3 Å². The number of rotatable bonds is 3. The molecule has 1 N–H and O–H groups in total. The molecule has 2 nitrogen and oxygen atoms in total. The van der Waals surface area contributed by atoms with E-state index in [1.54, 1.807) is 18.2 Å². The van der Waals surface area contributed by atoms with Crippen LogP contribution in [-0.4, -0.2) is 10.9 Å². The molecule has 0 aliphatic rings. The summed E-state index contributed by atoms with van der Waals surface area (Å²) < 4.78 is 0. The van der Waals surface area contributed by atoms with Gasteiger partial charge >= 0.3 is 0 Å². The normalized spacial score (nSPS) is 9.75. The smallest absolute Gasteiger partial charge is 0.166 e. The lowest BCUT2D eigenvalue weighted by Crippen LogP contribution is -1.97. The lowest BCUT2D eigenvalue weighted by atomic mass is 10.1. The van der Waals surface area contributed by atoms with Gasteiger partial charge in [-0.05, 0) is 18.6 Å². The molecule has 0 atom stereocenters. The molecular weight excluding hydrogens is 152 g/mol. The fraction of sp³-hybridized carbons (Fsp3) is 0.300. The molecule has 0 saturated carbocycles. The number of Topliss-reactive ketones (excluding diaryl/α,β-unsaturated/α-hetero) is 1. The lowest BCUT2D eigenvalue weighted by molar-refractivity contribution is 0.0979. The second kappa shape index (κ2) is 3.90. The first-order chi connectivity index (χ1) is 5.75. The van der Waals surface area contributed by atoms with E-state index in [9.17, 15) is 9.90 Å². The van der Waals surface area contributed by atoms with Gasteiger partial charge in [0.2, 0.25) is 0 Å². The Labute approximate surface area is 71.8 Å². The third-order valence-corrected chi connectivity index (χ3v) is 1.68. The zero-order valence-electron chi connectivity index (χ0n) is 7.08. The van der Waals surface area contributed by atoms with Crippen molar-refractivity contribution >= 4 is 5.78 Å². The number of benzene rings is 1. The standard InChI is InChI=1S/C10H12O2/c1-2-5-9(11)8-6-3-4-7-10(8)12/h3-4,6-7,12H,2,5H2,1H3. The first-order valence-electron chi connectivity index (χ1n) is 4.07. The van der Waals surface area contributed by atoms with Gasteiger partial charge in [0.25, 0.3) is 0 Å². The van der Waals surface area contributed by atoms with Crippen molar-refractivity contribution in [3.63, 3.8) is 0 Å². The molecule has 0 saturated heterocycles. The summed E-state index contributed by atoms with van der Waals surface area (Å²) in [5.41, 5.74) is 0.430. The highest BCUT2D eigenvalue weighted by Crippen LogP contribution is 2.17. The van der Waals surface area contributed by atoms with Crippen LogP contribution in [0.3, 0.4) is 0 Å². The van der Waals surface area contributed by atoms with Crippen LogP contribution in [0, 0.1) is 0 Å². The van der Waals surface area contributed by atoms with E-state index in [2.05, 4.69) is 0 Å². The zero-order chi connectivity index (χ0) is 8.97. The molecule has 0 bridgehead atoms. The molecular formula is C10H12O2. The van der Waals surface area contributed by atoms with Gasteiger partial charge in [-0.25, -0.2) is 0 Å². The summed E-state index contributed by atoms with van der Waals surface area (Å²) in [6.45, 7) is 1.94. The van der Waals surface area contributed by atoms with E-state index >= 15 is 0 Å². The fourth-order valence-corrected chi connectivity index (χ4v) is 1.07.